The number of allylic oxidation sites excluding steroid dienone is 8. The lowest BCUT2D eigenvalue weighted by Crippen LogP contribution is -2.30. The number of carbonyl (C=O) groups excluding carboxylic acids is 3. The molecule has 0 aliphatic heterocycles. The van der Waals surface area contributed by atoms with Crippen LogP contribution in [0.2, 0.25) is 0 Å². The van der Waals surface area contributed by atoms with Crippen molar-refractivity contribution in [2.75, 3.05) is 13.2 Å². The van der Waals surface area contributed by atoms with Gasteiger partial charge in [-0.05, 0) is 83.5 Å². The summed E-state index contributed by atoms with van der Waals surface area (Å²) in [5.74, 6) is -0.869. The minimum Gasteiger partial charge on any atom is -0.462 e. The van der Waals surface area contributed by atoms with E-state index in [9.17, 15) is 14.4 Å². The van der Waals surface area contributed by atoms with E-state index in [1.807, 2.05) is 0 Å². The van der Waals surface area contributed by atoms with E-state index in [1.165, 1.54) is 212 Å². The van der Waals surface area contributed by atoms with Crippen LogP contribution < -0.4 is 0 Å². The van der Waals surface area contributed by atoms with Gasteiger partial charge in [0, 0.05) is 19.3 Å². The van der Waals surface area contributed by atoms with Gasteiger partial charge in [0.25, 0.3) is 0 Å². The molecule has 6 nitrogen and oxygen atoms in total. The molecule has 6 heteroatoms. The van der Waals surface area contributed by atoms with Gasteiger partial charge in [0.1, 0.15) is 13.2 Å². The predicted octanol–water partition coefficient (Wildman–Crippen LogP) is 21.8. The molecule has 0 N–H and O–H groups in total. The average molecular weight is 1020 g/mol. The standard InChI is InChI=1S/C67H122O6/c1-4-7-10-13-16-19-22-25-27-28-29-30-31-32-33-34-35-36-37-38-40-42-45-48-51-54-57-60-66(69)72-63-64(62-71-65(68)59-56-53-50-47-44-41-24-21-18-15-12-9-6-3)73-67(70)61-58-55-52-49-46-43-39-26-23-20-17-14-11-8-5-2/h17,20,22,25-26,28-29,39,64H,4-16,18-19,21,23-24,27,30-38,40-63H2,1-3H3/b20-17-,25-22-,29-28-,39-26-. The molecule has 0 saturated heterocycles. The Hall–Kier alpha value is -2.63. The van der Waals surface area contributed by atoms with Gasteiger partial charge in [-0.2, -0.15) is 0 Å². The van der Waals surface area contributed by atoms with Crippen molar-refractivity contribution in [2.45, 2.75) is 348 Å². The fourth-order valence-electron chi connectivity index (χ4n) is 9.45. The molecule has 0 amide bonds. The Bertz CT molecular complexity index is 1270. The van der Waals surface area contributed by atoms with Gasteiger partial charge >= 0.3 is 17.9 Å². The Balaban J connectivity index is 4.22. The molecule has 0 aromatic rings. The molecule has 0 rings (SSSR count). The summed E-state index contributed by atoms with van der Waals surface area (Å²) >= 11 is 0. The smallest absolute Gasteiger partial charge is 0.306 e. The highest BCUT2D eigenvalue weighted by atomic mass is 16.6. The average Bonchev–Trinajstić information content (AvgIpc) is 3.39. The molecule has 0 aliphatic rings. The van der Waals surface area contributed by atoms with E-state index in [1.54, 1.807) is 0 Å². The number of hydrogen-bond donors (Lipinski definition) is 0. The van der Waals surface area contributed by atoms with Crippen LogP contribution in [0.15, 0.2) is 48.6 Å². The summed E-state index contributed by atoms with van der Waals surface area (Å²) in [6.07, 6.45) is 76.9. The van der Waals surface area contributed by atoms with Crippen LogP contribution in [-0.4, -0.2) is 37.2 Å². The second-order valence-corrected chi connectivity index (χ2v) is 21.7. The third-order valence-corrected chi connectivity index (χ3v) is 14.3. The number of hydrogen-bond acceptors (Lipinski definition) is 6. The third-order valence-electron chi connectivity index (χ3n) is 14.3. The normalized spacial score (nSPS) is 12.3. The first-order valence-electron chi connectivity index (χ1n) is 32.1. The molecule has 1 atom stereocenters. The Morgan fingerprint density at radius 3 is 0.781 bits per heavy atom. The summed E-state index contributed by atoms with van der Waals surface area (Å²) in [6, 6.07) is 0. The van der Waals surface area contributed by atoms with E-state index in [0.717, 1.165) is 89.9 Å². The van der Waals surface area contributed by atoms with Crippen molar-refractivity contribution in [3.63, 3.8) is 0 Å². The van der Waals surface area contributed by atoms with E-state index in [4.69, 9.17) is 14.2 Å². The van der Waals surface area contributed by atoms with Crippen molar-refractivity contribution in [1.82, 2.24) is 0 Å². The highest BCUT2D eigenvalue weighted by Crippen LogP contribution is 2.17. The summed E-state index contributed by atoms with van der Waals surface area (Å²) in [5, 5.41) is 0. The number of esters is 3. The summed E-state index contributed by atoms with van der Waals surface area (Å²) in [4.78, 5) is 38.2. The minimum absolute atomic E-state index is 0.0746. The molecule has 0 radical (unpaired) electrons. The van der Waals surface area contributed by atoms with Gasteiger partial charge in [-0.15, -0.1) is 0 Å². The van der Waals surface area contributed by atoms with Crippen molar-refractivity contribution in [1.29, 1.82) is 0 Å². The molecule has 0 fully saturated rings. The van der Waals surface area contributed by atoms with Gasteiger partial charge in [-0.25, -0.2) is 0 Å². The van der Waals surface area contributed by atoms with Gasteiger partial charge in [-0.3, -0.25) is 14.4 Å². The number of unbranched alkanes of at least 4 members (excludes halogenated alkanes) is 40. The lowest BCUT2D eigenvalue weighted by atomic mass is 10.0. The molecule has 0 spiro atoms. The van der Waals surface area contributed by atoms with Crippen LogP contribution in [0.3, 0.4) is 0 Å². The lowest BCUT2D eigenvalue weighted by Gasteiger charge is -2.18. The first-order chi connectivity index (χ1) is 36.0. The topological polar surface area (TPSA) is 78.9 Å². The predicted molar refractivity (Wildman–Crippen MR) is 316 cm³/mol. The van der Waals surface area contributed by atoms with Gasteiger partial charge in [-0.1, -0.05) is 288 Å². The van der Waals surface area contributed by atoms with Crippen LogP contribution in [0.25, 0.3) is 0 Å². The summed E-state index contributed by atoms with van der Waals surface area (Å²) in [6.45, 7) is 6.64. The zero-order valence-electron chi connectivity index (χ0n) is 48.9. The van der Waals surface area contributed by atoms with Crippen molar-refractivity contribution < 1.29 is 28.6 Å². The first-order valence-corrected chi connectivity index (χ1v) is 32.1. The number of ether oxygens (including phenoxy) is 3. The van der Waals surface area contributed by atoms with Crippen molar-refractivity contribution in [2.24, 2.45) is 0 Å². The van der Waals surface area contributed by atoms with Gasteiger partial charge < -0.3 is 14.2 Å². The third kappa shape index (κ3) is 60.1. The Kier molecular flexibility index (Phi) is 59.7. The van der Waals surface area contributed by atoms with E-state index in [0.29, 0.717) is 19.3 Å². The maximum absolute atomic E-state index is 12.9. The van der Waals surface area contributed by atoms with Crippen molar-refractivity contribution in [3.05, 3.63) is 48.6 Å². The molecule has 1 unspecified atom stereocenters. The highest BCUT2D eigenvalue weighted by Gasteiger charge is 2.19. The summed E-state index contributed by atoms with van der Waals surface area (Å²) in [5.41, 5.74) is 0. The van der Waals surface area contributed by atoms with Crippen LogP contribution in [0.4, 0.5) is 0 Å². The van der Waals surface area contributed by atoms with E-state index in [2.05, 4.69) is 69.4 Å². The molecule has 73 heavy (non-hydrogen) atoms. The van der Waals surface area contributed by atoms with E-state index < -0.39 is 6.10 Å². The molecule has 0 aromatic carbocycles. The summed E-state index contributed by atoms with van der Waals surface area (Å²) in [7, 11) is 0. The number of rotatable bonds is 59. The van der Waals surface area contributed by atoms with Crippen molar-refractivity contribution in [3.8, 4) is 0 Å². The molecule has 0 bridgehead atoms. The number of carbonyl (C=O) groups is 3. The Labute approximate surface area is 454 Å². The first kappa shape index (κ1) is 70.4. The van der Waals surface area contributed by atoms with Crippen LogP contribution >= 0.6 is 0 Å². The van der Waals surface area contributed by atoms with Gasteiger partial charge in [0.05, 0.1) is 0 Å². The Morgan fingerprint density at radius 2 is 0.493 bits per heavy atom. The van der Waals surface area contributed by atoms with Crippen LogP contribution in [-0.2, 0) is 28.6 Å². The molecule has 0 saturated carbocycles. The molecular formula is C67H122O6. The monoisotopic (exact) mass is 1020 g/mol. The molecular weight excluding hydrogens is 901 g/mol. The van der Waals surface area contributed by atoms with Crippen LogP contribution in [0, 0.1) is 0 Å². The second-order valence-electron chi connectivity index (χ2n) is 21.7. The minimum atomic E-state index is -0.778. The van der Waals surface area contributed by atoms with Crippen LogP contribution in [0.1, 0.15) is 342 Å². The highest BCUT2D eigenvalue weighted by molar-refractivity contribution is 5.71. The van der Waals surface area contributed by atoms with Crippen molar-refractivity contribution >= 4 is 17.9 Å². The SMILES string of the molecule is CCCCC/C=C\C/C=C\CCCCCCCC(=O)OC(COC(=O)CCCCCCCCCCCCCCC)COC(=O)CCCCCCCCCCCCCCCCC/C=C\C/C=C\CCCCCCC. The maximum atomic E-state index is 12.9. The lowest BCUT2D eigenvalue weighted by molar-refractivity contribution is -0.167. The summed E-state index contributed by atoms with van der Waals surface area (Å²) < 4.78 is 16.9. The largest absolute Gasteiger partial charge is 0.462 e. The maximum Gasteiger partial charge on any atom is 0.306 e. The van der Waals surface area contributed by atoms with Gasteiger partial charge in [0.15, 0.2) is 6.10 Å². The van der Waals surface area contributed by atoms with E-state index in [-0.39, 0.29) is 31.1 Å². The molecule has 426 valence electrons. The Morgan fingerprint density at radius 1 is 0.274 bits per heavy atom. The van der Waals surface area contributed by atoms with Crippen LogP contribution in [0.5, 0.6) is 0 Å². The molecule has 0 aromatic heterocycles. The fourth-order valence-corrected chi connectivity index (χ4v) is 9.45. The molecule has 0 heterocycles. The van der Waals surface area contributed by atoms with Gasteiger partial charge in [0.2, 0.25) is 0 Å². The molecule has 0 aliphatic carbocycles. The zero-order chi connectivity index (χ0) is 52.9. The second kappa shape index (κ2) is 61.9. The van der Waals surface area contributed by atoms with E-state index >= 15 is 0 Å². The fraction of sp³-hybridized carbons (Fsp3) is 0.836. The quantitative estimate of drug-likeness (QED) is 0.0261. The zero-order valence-corrected chi connectivity index (χ0v) is 48.9.